The van der Waals surface area contributed by atoms with Crippen molar-refractivity contribution in [3.8, 4) is 17.7 Å². The zero-order chi connectivity index (χ0) is 27.9. The second kappa shape index (κ2) is 10.2. The molecule has 1 saturated heterocycles. The smallest absolute Gasteiger partial charge is 0.319 e. The van der Waals surface area contributed by atoms with Crippen LogP contribution in [0.1, 0.15) is 28.2 Å². The van der Waals surface area contributed by atoms with Crippen molar-refractivity contribution in [3.05, 3.63) is 94.3 Å². The van der Waals surface area contributed by atoms with E-state index in [1.807, 2.05) is 42.5 Å². The summed E-state index contributed by atoms with van der Waals surface area (Å²) in [6.07, 6.45) is 0. The lowest BCUT2D eigenvalue weighted by Crippen LogP contribution is -2.53. The molecule has 0 spiro atoms. The minimum absolute atomic E-state index is 0.0915. The third kappa shape index (κ3) is 3.71. The Morgan fingerprint density at radius 2 is 1.90 bits per heavy atom. The highest BCUT2D eigenvalue weighted by Crippen LogP contribution is 2.72. The number of nitriles is 1. The van der Waals surface area contributed by atoms with Gasteiger partial charge in [-0.25, -0.2) is 0 Å². The molecule has 3 aliphatic rings. The molecular weight excluding hydrogens is 508 g/mol. The van der Waals surface area contributed by atoms with Crippen LogP contribution in [0.15, 0.2) is 60.7 Å². The molecule has 2 aliphatic heterocycles. The fraction of sp³-hybridized carbons (Fsp3) is 0.387. The van der Waals surface area contributed by atoms with Gasteiger partial charge in [0.15, 0.2) is 5.60 Å². The van der Waals surface area contributed by atoms with Crippen LogP contribution in [0.5, 0.6) is 11.6 Å². The molecular formula is C31H30N4O5. The number of aromatic nitrogens is 1. The maximum absolute atomic E-state index is 13.4. The number of nitrogens with zero attached hydrogens (tertiary/aromatic N) is 4. The van der Waals surface area contributed by atoms with Crippen molar-refractivity contribution in [3.63, 3.8) is 0 Å². The van der Waals surface area contributed by atoms with Gasteiger partial charge in [0.2, 0.25) is 0 Å². The Morgan fingerprint density at radius 3 is 2.52 bits per heavy atom. The van der Waals surface area contributed by atoms with Gasteiger partial charge in [-0.2, -0.15) is 5.26 Å². The summed E-state index contributed by atoms with van der Waals surface area (Å²) in [7, 11) is 1.46. The zero-order valence-electron chi connectivity index (χ0n) is 22.2. The van der Waals surface area contributed by atoms with Gasteiger partial charge in [-0.05, 0) is 23.3 Å². The van der Waals surface area contributed by atoms with E-state index in [0.717, 1.165) is 5.56 Å². The van der Waals surface area contributed by atoms with Crippen molar-refractivity contribution in [2.75, 3.05) is 46.6 Å². The van der Waals surface area contributed by atoms with E-state index < -0.39 is 29.0 Å². The molecule has 0 unspecified atom stereocenters. The monoisotopic (exact) mass is 538 g/mol. The number of morpholine rings is 1. The summed E-state index contributed by atoms with van der Waals surface area (Å²) in [4.78, 5) is 10.2. The number of pyridine rings is 1. The molecule has 204 valence electrons. The molecule has 0 amide bonds. The number of hydrogen-bond acceptors (Lipinski definition) is 8. The van der Waals surface area contributed by atoms with Crippen LogP contribution in [0, 0.1) is 29.7 Å². The minimum atomic E-state index is -1.71. The first-order valence-corrected chi connectivity index (χ1v) is 13.4. The highest BCUT2D eigenvalue weighted by molar-refractivity contribution is 5.62. The van der Waals surface area contributed by atoms with Gasteiger partial charge in [0.05, 0.1) is 32.0 Å². The summed E-state index contributed by atoms with van der Waals surface area (Å²) < 4.78 is 18.2. The third-order valence-corrected chi connectivity index (χ3v) is 8.75. The topological polar surface area (TPSA) is 112 Å². The molecule has 40 heavy (non-hydrogen) atoms. The highest BCUT2D eigenvalue weighted by Gasteiger charge is 2.77. The van der Waals surface area contributed by atoms with Crippen LogP contribution in [0.25, 0.3) is 4.85 Å². The van der Waals surface area contributed by atoms with Crippen LogP contribution in [0.2, 0.25) is 0 Å². The van der Waals surface area contributed by atoms with Crippen LogP contribution < -0.4 is 9.47 Å². The van der Waals surface area contributed by atoms with Gasteiger partial charge >= 0.3 is 5.88 Å². The van der Waals surface area contributed by atoms with Crippen molar-refractivity contribution in [1.82, 2.24) is 9.88 Å². The van der Waals surface area contributed by atoms with E-state index in [-0.39, 0.29) is 18.3 Å². The summed E-state index contributed by atoms with van der Waals surface area (Å²) in [5.41, 5.74) is -0.701. The standard InChI is InChI=1S/C31H30N4O5/c1-33-26-16-25-28(29(34-26)38-2)30(37)24(18-35-12-14-39-15-13-35)23(19-36)27(21-6-4-3-5-7-21)31(30,40-25)22-10-8-20(17-32)9-11-22/h3-11,16,23-24,27,36-37H,12-15,18-19H2,2H3/t23-,24-,27+,30+,31-/m0/s1. The molecule has 9 nitrogen and oxygen atoms in total. The number of aliphatic hydroxyl groups is 2. The molecule has 3 heterocycles. The molecule has 1 saturated carbocycles. The Labute approximate surface area is 233 Å². The normalized spacial score (nSPS) is 29.1. The summed E-state index contributed by atoms with van der Waals surface area (Å²) in [5, 5.41) is 33.9. The number of ether oxygens (including phenoxy) is 3. The van der Waals surface area contributed by atoms with Crippen LogP contribution in [-0.4, -0.2) is 66.7 Å². The average Bonchev–Trinajstić information content (AvgIpc) is 3.39. The lowest BCUT2D eigenvalue weighted by atomic mass is 9.70. The summed E-state index contributed by atoms with van der Waals surface area (Å²) in [6.45, 7) is 10.5. The lowest BCUT2D eigenvalue weighted by Gasteiger charge is -2.42. The van der Waals surface area contributed by atoms with Crippen molar-refractivity contribution >= 4 is 5.82 Å². The van der Waals surface area contributed by atoms with Gasteiger partial charge in [-0.15, -0.1) is 0 Å². The van der Waals surface area contributed by atoms with Crippen molar-refractivity contribution < 1.29 is 24.4 Å². The van der Waals surface area contributed by atoms with E-state index in [0.29, 0.717) is 55.3 Å². The van der Waals surface area contributed by atoms with Crippen LogP contribution in [0.3, 0.4) is 0 Å². The number of rotatable bonds is 6. The molecule has 2 aromatic carbocycles. The summed E-state index contributed by atoms with van der Waals surface area (Å²) >= 11 is 0. The Balaban J connectivity index is 1.67. The number of methoxy groups -OCH3 is 1. The highest BCUT2D eigenvalue weighted by atomic mass is 16.5. The first-order valence-electron chi connectivity index (χ1n) is 13.4. The minimum Gasteiger partial charge on any atom is -0.479 e. The first kappa shape index (κ1) is 26.2. The molecule has 2 N–H and O–H groups in total. The van der Waals surface area contributed by atoms with Crippen LogP contribution >= 0.6 is 0 Å². The molecule has 6 rings (SSSR count). The lowest BCUT2D eigenvalue weighted by molar-refractivity contribution is -0.135. The Kier molecular flexibility index (Phi) is 6.69. The maximum Gasteiger partial charge on any atom is 0.319 e. The number of benzene rings is 2. The Morgan fingerprint density at radius 1 is 1.18 bits per heavy atom. The zero-order valence-corrected chi connectivity index (χ0v) is 22.2. The quantitative estimate of drug-likeness (QED) is 0.460. The molecule has 9 heteroatoms. The molecule has 2 fully saturated rings. The van der Waals surface area contributed by atoms with E-state index in [4.69, 9.17) is 20.8 Å². The van der Waals surface area contributed by atoms with E-state index in [2.05, 4.69) is 20.8 Å². The van der Waals surface area contributed by atoms with Gasteiger partial charge in [-0.1, -0.05) is 54.0 Å². The number of fused-ring (bicyclic) bond motifs is 3. The Bertz CT molecular complexity index is 1480. The molecule has 5 atom stereocenters. The van der Waals surface area contributed by atoms with Crippen LogP contribution in [-0.2, 0) is 15.9 Å². The van der Waals surface area contributed by atoms with E-state index in [1.165, 1.54) is 7.11 Å². The van der Waals surface area contributed by atoms with Gasteiger partial charge in [0.25, 0.3) is 5.82 Å². The second-order valence-electron chi connectivity index (χ2n) is 10.5. The van der Waals surface area contributed by atoms with E-state index in [9.17, 15) is 15.5 Å². The average molecular weight is 539 g/mol. The molecule has 0 bridgehead atoms. The second-order valence-corrected chi connectivity index (χ2v) is 10.5. The van der Waals surface area contributed by atoms with Gasteiger partial charge < -0.3 is 29.3 Å². The predicted octanol–water partition coefficient (Wildman–Crippen LogP) is 3.34. The van der Waals surface area contributed by atoms with Crippen molar-refractivity contribution in [2.24, 2.45) is 11.8 Å². The molecule has 3 aromatic rings. The molecule has 1 aromatic heterocycles. The van der Waals surface area contributed by atoms with E-state index in [1.54, 1.807) is 18.2 Å². The Hall–Kier alpha value is -3.99. The molecule has 1 aliphatic carbocycles. The molecule has 0 radical (unpaired) electrons. The van der Waals surface area contributed by atoms with Gasteiger partial charge in [0.1, 0.15) is 16.9 Å². The summed E-state index contributed by atoms with van der Waals surface area (Å²) in [5.74, 6) is -0.866. The largest absolute Gasteiger partial charge is 0.479 e. The predicted molar refractivity (Wildman–Crippen MR) is 145 cm³/mol. The maximum atomic E-state index is 13.4. The SMILES string of the molecule is [C-]#[N+]c1cc2c(c(OC)n1)[C@]1(O)[C@@H](CN3CCOCC3)[C@H](CO)[C@@H](c3ccccc3)[C@]1(c1ccc(C#N)cc1)O2. The van der Waals surface area contributed by atoms with Crippen LogP contribution in [0.4, 0.5) is 5.82 Å². The van der Waals surface area contributed by atoms with Crippen molar-refractivity contribution in [2.45, 2.75) is 17.1 Å². The van der Waals surface area contributed by atoms with E-state index >= 15 is 0 Å². The van der Waals surface area contributed by atoms with Crippen molar-refractivity contribution in [1.29, 1.82) is 5.26 Å². The fourth-order valence-corrected chi connectivity index (χ4v) is 7.12. The third-order valence-electron chi connectivity index (χ3n) is 8.75. The summed E-state index contributed by atoms with van der Waals surface area (Å²) in [6, 6.07) is 20.5. The van der Waals surface area contributed by atoms with Gasteiger partial charge in [-0.3, -0.25) is 4.90 Å². The fourth-order valence-electron chi connectivity index (χ4n) is 7.12. The number of hydrogen-bond donors (Lipinski definition) is 2. The van der Waals surface area contributed by atoms with Gasteiger partial charge in [0, 0.05) is 50.1 Å². The first-order chi connectivity index (χ1) is 19.5. The number of aliphatic hydroxyl groups excluding tert-OH is 1.